The molecule has 0 fully saturated rings. The Bertz CT molecular complexity index is 1540. The van der Waals surface area contributed by atoms with E-state index in [1.807, 2.05) is 0 Å². The Hall–Kier alpha value is -4.19. The van der Waals surface area contributed by atoms with E-state index >= 15 is 0 Å². The lowest BCUT2D eigenvalue weighted by atomic mass is 10.0. The van der Waals surface area contributed by atoms with Crippen LogP contribution in [0.2, 0.25) is 0 Å². The van der Waals surface area contributed by atoms with Gasteiger partial charge in [-0.05, 0) is 103 Å². The van der Waals surface area contributed by atoms with Gasteiger partial charge in [-0.25, -0.2) is 0 Å². The fourth-order valence-electron chi connectivity index (χ4n) is 8.03. The van der Waals surface area contributed by atoms with Crippen molar-refractivity contribution >= 4 is 17.9 Å². The monoisotopic (exact) mass is 1010 g/mol. The number of ether oxygens (including phenoxy) is 3. The SMILES string of the molecule is CC/C=C\C/C=C\C/C=C\C/C=C\C/C=C\CCCCCCCCCCCCCCCCCC(=O)OCC(COC(=O)CCCCCCCCC)OC(=O)CCC/C=C\C/C=C\C/C=C\C/C=C\C/C=C\CC. The molecule has 0 aromatic rings. The van der Waals surface area contributed by atoms with Crippen molar-refractivity contribution in [3.05, 3.63) is 122 Å². The summed E-state index contributed by atoms with van der Waals surface area (Å²) in [4.78, 5) is 37.9. The molecule has 0 aliphatic heterocycles. The molecule has 0 aromatic carbocycles. The summed E-state index contributed by atoms with van der Waals surface area (Å²) < 4.78 is 16.7. The number of carbonyl (C=O) groups is 3. The van der Waals surface area contributed by atoms with Gasteiger partial charge in [-0.2, -0.15) is 0 Å². The van der Waals surface area contributed by atoms with Gasteiger partial charge in [-0.15, -0.1) is 0 Å². The predicted molar refractivity (Wildman–Crippen MR) is 316 cm³/mol. The van der Waals surface area contributed by atoms with E-state index in [4.69, 9.17) is 14.2 Å². The maximum Gasteiger partial charge on any atom is 0.306 e. The maximum atomic E-state index is 12.8. The molecule has 0 heterocycles. The molecule has 73 heavy (non-hydrogen) atoms. The van der Waals surface area contributed by atoms with Crippen molar-refractivity contribution in [2.75, 3.05) is 13.2 Å². The number of rotatable bonds is 53. The van der Waals surface area contributed by atoms with Crippen LogP contribution in [0, 0.1) is 0 Å². The molecule has 414 valence electrons. The molecule has 0 aliphatic rings. The lowest BCUT2D eigenvalue weighted by molar-refractivity contribution is -0.167. The van der Waals surface area contributed by atoms with E-state index in [1.54, 1.807) is 0 Å². The smallest absolute Gasteiger partial charge is 0.306 e. The van der Waals surface area contributed by atoms with E-state index in [1.165, 1.54) is 109 Å². The number of carbonyl (C=O) groups excluding carboxylic acids is 3. The van der Waals surface area contributed by atoms with E-state index in [9.17, 15) is 14.4 Å². The largest absolute Gasteiger partial charge is 0.462 e. The molecule has 0 rings (SSSR count). The van der Waals surface area contributed by atoms with E-state index in [0.717, 1.165) is 109 Å². The summed E-state index contributed by atoms with van der Waals surface area (Å²) in [6, 6.07) is 0. The van der Waals surface area contributed by atoms with Crippen molar-refractivity contribution in [2.24, 2.45) is 0 Å². The molecular formula is C67H110O6. The van der Waals surface area contributed by atoms with Crippen molar-refractivity contribution in [1.82, 2.24) is 0 Å². The number of allylic oxidation sites excluding steroid dienone is 20. The Kier molecular flexibility index (Phi) is 56.9. The number of esters is 3. The summed E-state index contributed by atoms with van der Waals surface area (Å²) in [7, 11) is 0. The molecule has 0 saturated heterocycles. The van der Waals surface area contributed by atoms with E-state index in [0.29, 0.717) is 19.3 Å². The molecule has 0 spiro atoms. The van der Waals surface area contributed by atoms with Crippen LogP contribution >= 0.6 is 0 Å². The van der Waals surface area contributed by atoms with Crippen LogP contribution in [0.1, 0.15) is 265 Å². The Morgan fingerprint density at radius 1 is 0.288 bits per heavy atom. The average molecular weight is 1010 g/mol. The first kappa shape index (κ1) is 68.8. The number of hydrogen-bond donors (Lipinski definition) is 0. The molecule has 1 atom stereocenters. The summed E-state index contributed by atoms with van der Waals surface area (Å²) in [5, 5.41) is 0. The summed E-state index contributed by atoms with van der Waals surface area (Å²) in [6.07, 6.45) is 83.8. The summed E-state index contributed by atoms with van der Waals surface area (Å²) in [6.45, 7) is 6.32. The van der Waals surface area contributed by atoms with Crippen molar-refractivity contribution < 1.29 is 28.6 Å². The Balaban J connectivity index is 4.14. The number of unbranched alkanes of at least 4 members (excludes halogenated alkanes) is 22. The molecule has 1 unspecified atom stereocenters. The molecule has 0 N–H and O–H groups in total. The summed E-state index contributed by atoms with van der Waals surface area (Å²) in [5.41, 5.74) is 0. The molecule has 0 aromatic heterocycles. The zero-order chi connectivity index (χ0) is 52.9. The second-order valence-corrected chi connectivity index (χ2v) is 19.5. The topological polar surface area (TPSA) is 78.9 Å². The highest BCUT2D eigenvalue weighted by Crippen LogP contribution is 2.15. The normalized spacial score (nSPS) is 13.0. The highest BCUT2D eigenvalue weighted by Gasteiger charge is 2.19. The predicted octanol–water partition coefficient (Wildman–Crippen LogP) is 20.4. The van der Waals surface area contributed by atoms with Gasteiger partial charge >= 0.3 is 17.9 Å². The minimum absolute atomic E-state index is 0.101. The van der Waals surface area contributed by atoms with Gasteiger partial charge in [0.05, 0.1) is 0 Å². The quantitative estimate of drug-likeness (QED) is 0.0261. The number of hydrogen-bond acceptors (Lipinski definition) is 6. The molecule has 0 radical (unpaired) electrons. The van der Waals surface area contributed by atoms with Gasteiger partial charge < -0.3 is 14.2 Å². The van der Waals surface area contributed by atoms with Crippen molar-refractivity contribution in [3.8, 4) is 0 Å². The minimum Gasteiger partial charge on any atom is -0.462 e. The molecule has 0 amide bonds. The van der Waals surface area contributed by atoms with Crippen molar-refractivity contribution in [3.63, 3.8) is 0 Å². The first-order valence-corrected chi connectivity index (χ1v) is 30.0. The molecule has 0 saturated carbocycles. The van der Waals surface area contributed by atoms with E-state index in [2.05, 4.69) is 142 Å². The van der Waals surface area contributed by atoms with Gasteiger partial charge in [-0.3, -0.25) is 14.4 Å². The maximum absolute atomic E-state index is 12.8. The summed E-state index contributed by atoms with van der Waals surface area (Å²) in [5.74, 6) is -0.966. The molecular weight excluding hydrogens is 901 g/mol. The third-order valence-electron chi connectivity index (χ3n) is 12.5. The highest BCUT2D eigenvalue weighted by atomic mass is 16.6. The summed E-state index contributed by atoms with van der Waals surface area (Å²) >= 11 is 0. The van der Waals surface area contributed by atoms with Crippen molar-refractivity contribution in [2.45, 2.75) is 271 Å². The van der Waals surface area contributed by atoms with Crippen LogP contribution in [-0.2, 0) is 28.6 Å². The van der Waals surface area contributed by atoms with Gasteiger partial charge in [0.1, 0.15) is 13.2 Å². The van der Waals surface area contributed by atoms with Gasteiger partial charge in [0.25, 0.3) is 0 Å². The standard InChI is InChI=1S/C67H110O6/c1-4-7-10-13-16-18-20-22-24-26-27-28-29-30-31-32-33-34-35-36-37-38-39-41-42-44-46-48-51-54-57-60-66(69)72-63-64(62-71-65(68)59-56-53-50-15-12-9-6-3)73-67(70)61-58-55-52-49-47-45-43-40-25-23-21-19-17-14-11-8-5-2/h7-8,10-11,16-19,22-25,27-28,30-31,43,45,49,52,64H,4-6,9,12-15,20-21,26,29,32-42,44,46-48,50-51,53-63H2,1-3H3/b10-7-,11-8-,18-16-,19-17-,24-22-,25-23-,28-27-,31-30-,45-43-,52-49-. The minimum atomic E-state index is -0.806. The second-order valence-electron chi connectivity index (χ2n) is 19.5. The average Bonchev–Trinajstić information content (AvgIpc) is 3.39. The van der Waals surface area contributed by atoms with Gasteiger partial charge in [0, 0.05) is 19.3 Å². The van der Waals surface area contributed by atoms with Crippen LogP contribution < -0.4 is 0 Å². The first-order valence-electron chi connectivity index (χ1n) is 30.0. The fraction of sp³-hybridized carbons (Fsp3) is 0.657. The molecule has 6 heteroatoms. The first-order chi connectivity index (χ1) is 36.0. The van der Waals surface area contributed by atoms with E-state index < -0.39 is 6.10 Å². The zero-order valence-corrected chi connectivity index (χ0v) is 47.4. The zero-order valence-electron chi connectivity index (χ0n) is 47.4. The van der Waals surface area contributed by atoms with Crippen LogP contribution in [0.4, 0.5) is 0 Å². The van der Waals surface area contributed by atoms with Gasteiger partial charge in [-0.1, -0.05) is 264 Å². The van der Waals surface area contributed by atoms with Crippen LogP contribution in [-0.4, -0.2) is 37.2 Å². The third kappa shape index (κ3) is 58.6. The molecule has 0 bridgehead atoms. The van der Waals surface area contributed by atoms with E-state index in [-0.39, 0.29) is 37.5 Å². The lowest BCUT2D eigenvalue weighted by Crippen LogP contribution is -2.30. The third-order valence-corrected chi connectivity index (χ3v) is 12.5. The fourth-order valence-corrected chi connectivity index (χ4v) is 8.03. The lowest BCUT2D eigenvalue weighted by Gasteiger charge is -2.18. The second kappa shape index (κ2) is 60.4. The van der Waals surface area contributed by atoms with Crippen LogP contribution in [0.15, 0.2) is 122 Å². The van der Waals surface area contributed by atoms with Crippen molar-refractivity contribution in [1.29, 1.82) is 0 Å². The highest BCUT2D eigenvalue weighted by molar-refractivity contribution is 5.71. The van der Waals surface area contributed by atoms with Gasteiger partial charge in [0.2, 0.25) is 0 Å². The molecule has 0 aliphatic carbocycles. The Labute approximate surface area is 450 Å². The van der Waals surface area contributed by atoms with Crippen LogP contribution in [0.5, 0.6) is 0 Å². The van der Waals surface area contributed by atoms with Crippen LogP contribution in [0.3, 0.4) is 0 Å². The molecule has 6 nitrogen and oxygen atoms in total. The Morgan fingerprint density at radius 2 is 0.548 bits per heavy atom. The Morgan fingerprint density at radius 3 is 0.877 bits per heavy atom. The van der Waals surface area contributed by atoms with Crippen LogP contribution in [0.25, 0.3) is 0 Å². The van der Waals surface area contributed by atoms with Gasteiger partial charge in [0.15, 0.2) is 6.10 Å².